The highest BCUT2D eigenvalue weighted by Gasteiger charge is 2.33. The van der Waals surface area contributed by atoms with E-state index < -0.39 is 12.1 Å². The molecule has 1 saturated heterocycles. The molecule has 0 spiro atoms. The number of carboxylic acid groups (broad SMARTS) is 1. The number of aliphatic carboxylic acids is 1. The van der Waals surface area contributed by atoms with E-state index in [1.807, 2.05) is 24.3 Å². The number of anilines is 1. The number of nitrogens with zero attached hydrogens (tertiary/aromatic N) is 1. The average molecular weight is 414 g/mol. The molecule has 2 aromatic rings. The van der Waals surface area contributed by atoms with Crippen LogP contribution in [0.4, 0.5) is 5.69 Å². The summed E-state index contributed by atoms with van der Waals surface area (Å²) in [4.78, 5) is 26.0. The molecular weight excluding hydrogens is 394 g/mol. The molecule has 1 aliphatic rings. The minimum Gasteiger partial charge on any atom is -0.479 e. The van der Waals surface area contributed by atoms with E-state index in [0.717, 1.165) is 12.1 Å². The zero-order valence-electron chi connectivity index (χ0n) is 15.4. The first-order valence-electron chi connectivity index (χ1n) is 8.76. The molecule has 0 aliphatic carbocycles. The van der Waals surface area contributed by atoms with Gasteiger partial charge in [0.25, 0.3) is 5.91 Å². The van der Waals surface area contributed by atoms with Gasteiger partial charge in [0, 0.05) is 5.56 Å². The number of hydrogen-bond acceptors (Lipinski definition) is 5. The smallest absolute Gasteiger partial charge is 0.344 e. The summed E-state index contributed by atoms with van der Waals surface area (Å²) in [6.45, 7) is 3.53. The molecule has 1 unspecified atom stereocenters. The monoisotopic (exact) mass is 413 g/mol. The summed E-state index contributed by atoms with van der Waals surface area (Å²) in [6, 6.07) is 14.7. The van der Waals surface area contributed by atoms with E-state index in [0.29, 0.717) is 20.5 Å². The highest BCUT2D eigenvalue weighted by atomic mass is 32.2. The van der Waals surface area contributed by atoms with Gasteiger partial charge in [-0.1, -0.05) is 61.2 Å². The number of para-hydroxylation sites is 1. The molecule has 2 aromatic carbocycles. The van der Waals surface area contributed by atoms with Crippen LogP contribution in [0.2, 0.25) is 0 Å². The normalized spacial score (nSPS) is 16.5. The lowest BCUT2D eigenvalue weighted by atomic mass is 10.1. The number of aryl methyl sites for hydroxylation is 1. The van der Waals surface area contributed by atoms with Gasteiger partial charge in [-0.25, -0.2) is 4.79 Å². The number of carbonyl (C=O) groups excluding carboxylic acids is 1. The summed E-state index contributed by atoms with van der Waals surface area (Å²) < 4.78 is 5.96. The Kier molecular flexibility index (Phi) is 6.16. The zero-order valence-corrected chi connectivity index (χ0v) is 17.0. The standard InChI is InChI=1S/C21H19NO4S2/c1-3-14-8-10-16(11-9-14)22-19(23)18(28-21(22)27)12-15-6-4-5-7-17(15)26-13(2)20(24)25/h4-13H,3H2,1-2H3,(H,24,25)/b18-12+. The van der Waals surface area contributed by atoms with Crippen LogP contribution in [0, 0.1) is 0 Å². The molecule has 1 heterocycles. The van der Waals surface area contributed by atoms with Crippen LogP contribution in [0.5, 0.6) is 5.75 Å². The summed E-state index contributed by atoms with van der Waals surface area (Å²) >= 11 is 6.62. The second kappa shape index (κ2) is 8.58. The van der Waals surface area contributed by atoms with E-state index in [-0.39, 0.29) is 5.91 Å². The Morgan fingerprint density at radius 1 is 1.25 bits per heavy atom. The number of amides is 1. The van der Waals surface area contributed by atoms with Crippen molar-refractivity contribution in [3.63, 3.8) is 0 Å². The molecular formula is C21H19NO4S2. The first-order chi connectivity index (χ1) is 13.4. The Morgan fingerprint density at radius 3 is 2.57 bits per heavy atom. The first-order valence-corrected chi connectivity index (χ1v) is 9.98. The highest BCUT2D eigenvalue weighted by Crippen LogP contribution is 2.37. The van der Waals surface area contributed by atoms with E-state index >= 15 is 0 Å². The maximum absolute atomic E-state index is 12.9. The number of carboxylic acids is 1. The number of hydrogen-bond donors (Lipinski definition) is 1. The Balaban J connectivity index is 1.89. The van der Waals surface area contributed by atoms with E-state index in [1.165, 1.54) is 29.1 Å². The van der Waals surface area contributed by atoms with Gasteiger partial charge >= 0.3 is 5.97 Å². The SMILES string of the molecule is CCc1ccc(N2C(=O)/C(=C\c3ccccc3OC(C)C(=O)O)SC2=S)cc1. The summed E-state index contributed by atoms with van der Waals surface area (Å²) in [7, 11) is 0. The average Bonchev–Trinajstić information content (AvgIpc) is 2.96. The van der Waals surface area contributed by atoms with Gasteiger partial charge in [0.05, 0.1) is 10.6 Å². The van der Waals surface area contributed by atoms with E-state index in [1.54, 1.807) is 30.3 Å². The second-order valence-corrected chi connectivity index (χ2v) is 7.85. The number of rotatable bonds is 6. The molecule has 1 atom stereocenters. The Labute approximate surface area is 173 Å². The molecule has 0 radical (unpaired) electrons. The van der Waals surface area contributed by atoms with E-state index in [2.05, 4.69) is 6.92 Å². The van der Waals surface area contributed by atoms with Gasteiger partial charge in [0.2, 0.25) is 0 Å². The molecule has 3 rings (SSSR count). The lowest BCUT2D eigenvalue weighted by Crippen LogP contribution is -2.27. The fourth-order valence-electron chi connectivity index (χ4n) is 2.66. The lowest BCUT2D eigenvalue weighted by Gasteiger charge is -2.15. The number of carbonyl (C=O) groups is 2. The van der Waals surface area contributed by atoms with E-state index in [4.69, 9.17) is 22.1 Å². The largest absolute Gasteiger partial charge is 0.479 e. The third-order valence-electron chi connectivity index (χ3n) is 4.25. The summed E-state index contributed by atoms with van der Waals surface area (Å²) in [6.07, 6.45) is 1.61. The molecule has 5 nitrogen and oxygen atoms in total. The van der Waals surface area contributed by atoms with Gasteiger partial charge in [-0.05, 0) is 43.2 Å². The van der Waals surface area contributed by atoms with Crippen LogP contribution in [0.1, 0.15) is 25.0 Å². The second-order valence-electron chi connectivity index (χ2n) is 6.17. The first kappa shape index (κ1) is 20.1. The van der Waals surface area contributed by atoms with Gasteiger partial charge in [-0.2, -0.15) is 0 Å². The van der Waals surface area contributed by atoms with Crippen molar-refractivity contribution < 1.29 is 19.4 Å². The maximum Gasteiger partial charge on any atom is 0.344 e. The third kappa shape index (κ3) is 4.26. The predicted octanol–water partition coefficient (Wildman–Crippen LogP) is 4.51. The summed E-state index contributed by atoms with van der Waals surface area (Å²) in [5, 5.41) is 9.07. The molecule has 0 bridgehead atoms. The topological polar surface area (TPSA) is 66.8 Å². The number of benzene rings is 2. The van der Waals surface area contributed by atoms with Crippen molar-refractivity contribution in [2.75, 3.05) is 4.90 Å². The maximum atomic E-state index is 12.9. The molecule has 144 valence electrons. The van der Waals surface area contributed by atoms with Gasteiger partial charge in [0.15, 0.2) is 10.4 Å². The van der Waals surface area contributed by atoms with Crippen LogP contribution in [-0.4, -0.2) is 27.4 Å². The summed E-state index contributed by atoms with van der Waals surface area (Å²) in [5.41, 5.74) is 2.54. The molecule has 0 saturated carbocycles. The molecule has 0 aromatic heterocycles. The molecule has 1 aliphatic heterocycles. The third-order valence-corrected chi connectivity index (χ3v) is 5.56. The minimum atomic E-state index is -1.06. The quantitative estimate of drug-likeness (QED) is 0.555. The lowest BCUT2D eigenvalue weighted by molar-refractivity contribution is -0.144. The Morgan fingerprint density at radius 2 is 1.93 bits per heavy atom. The van der Waals surface area contributed by atoms with Crippen molar-refractivity contribution in [1.82, 2.24) is 0 Å². The van der Waals surface area contributed by atoms with Crippen molar-refractivity contribution in [1.29, 1.82) is 0 Å². The number of ether oxygens (including phenoxy) is 1. The molecule has 1 fully saturated rings. The molecule has 28 heavy (non-hydrogen) atoms. The van der Waals surface area contributed by atoms with Crippen molar-refractivity contribution in [2.24, 2.45) is 0 Å². The highest BCUT2D eigenvalue weighted by molar-refractivity contribution is 8.27. The van der Waals surface area contributed by atoms with Crippen LogP contribution >= 0.6 is 24.0 Å². The summed E-state index contributed by atoms with van der Waals surface area (Å²) in [5.74, 6) is -0.869. The fourth-order valence-corrected chi connectivity index (χ4v) is 3.95. The van der Waals surface area contributed by atoms with Crippen LogP contribution in [0.3, 0.4) is 0 Å². The van der Waals surface area contributed by atoms with Gasteiger partial charge < -0.3 is 9.84 Å². The van der Waals surface area contributed by atoms with Crippen LogP contribution in [0.15, 0.2) is 53.4 Å². The Bertz CT molecular complexity index is 953. The van der Waals surface area contributed by atoms with Gasteiger partial charge in [0.1, 0.15) is 5.75 Å². The predicted molar refractivity (Wildman–Crippen MR) is 116 cm³/mol. The molecule has 1 N–H and O–H groups in total. The van der Waals surface area contributed by atoms with Crippen molar-refractivity contribution in [3.05, 3.63) is 64.6 Å². The van der Waals surface area contributed by atoms with Crippen LogP contribution in [0.25, 0.3) is 6.08 Å². The van der Waals surface area contributed by atoms with E-state index in [9.17, 15) is 9.59 Å². The molecule has 1 amide bonds. The van der Waals surface area contributed by atoms with Gasteiger partial charge in [-0.3, -0.25) is 9.69 Å². The van der Waals surface area contributed by atoms with Crippen molar-refractivity contribution in [2.45, 2.75) is 26.4 Å². The van der Waals surface area contributed by atoms with Crippen LogP contribution < -0.4 is 9.64 Å². The Hall–Kier alpha value is -2.64. The van der Waals surface area contributed by atoms with Crippen molar-refractivity contribution >= 4 is 51.9 Å². The molecule has 7 heteroatoms. The van der Waals surface area contributed by atoms with Crippen molar-refractivity contribution in [3.8, 4) is 5.75 Å². The van der Waals surface area contributed by atoms with Gasteiger partial charge in [-0.15, -0.1) is 0 Å². The minimum absolute atomic E-state index is 0.208. The zero-order chi connectivity index (χ0) is 20.3. The number of thiocarbonyl (C=S) groups is 1. The number of thioether (sulfide) groups is 1. The fraction of sp³-hybridized carbons (Fsp3) is 0.190. The van der Waals surface area contributed by atoms with Crippen LogP contribution in [-0.2, 0) is 16.0 Å².